The fourth-order valence-corrected chi connectivity index (χ4v) is 2.45. The molecule has 6 nitrogen and oxygen atoms in total. The molecule has 0 spiro atoms. The summed E-state index contributed by atoms with van der Waals surface area (Å²) in [6.45, 7) is 3.43. The molecule has 2 heterocycles. The average Bonchev–Trinajstić information content (AvgIpc) is 2.52. The van der Waals surface area contributed by atoms with Gasteiger partial charge in [0.25, 0.3) is 5.56 Å². The lowest BCUT2D eigenvalue weighted by Crippen LogP contribution is -2.39. The fraction of sp³-hybridized carbons (Fsp3) is 0.636. The molecular formula is C11H15ClN2O4. The van der Waals surface area contributed by atoms with Crippen LogP contribution in [0.1, 0.15) is 20.1 Å². The molecule has 0 unspecified atom stereocenters. The Morgan fingerprint density at radius 3 is 2.78 bits per heavy atom. The van der Waals surface area contributed by atoms with Gasteiger partial charge >= 0.3 is 5.69 Å². The zero-order valence-corrected chi connectivity index (χ0v) is 10.8. The maximum absolute atomic E-state index is 11.7. The fourth-order valence-electron chi connectivity index (χ4n) is 2.16. The summed E-state index contributed by atoms with van der Waals surface area (Å²) >= 11 is 6.42. The topological polar surface area (TPSA) is 84.3 Å². The second kappa shape index (κ2) is 4.53. The van der Waals surface area contributed by atoms with Crippen LogP contribution in [-0.2, 0) is 4.74 Å². The summed E-state index contributed by atoms with van der Waals surface area (Å²) < 4.78 is 6.84. The number of hydrogen-bond acceptors (Lipinski definition) is 4. The van der Waals surface area contributed by atoms with Crippen molar-refractivity contribution in [3.63, 3.8) is 0 Å². The van der Waals surface area contributed by atoms with Gasteiger partial charge in [-0.3, -0.25) is 14.3 Å². The molecular weight excluding hydrogens is 260 g/mol. The van der Waals surface area contributed by atoms with Gasteiger partial charge in [0.05, 0.1) is 17.6 Å². The zero-order chi connectivity index (χ0) is 13.5. The van der Waals surface area contributed by atoms with Gasteiger partial charge in [-0.2, -0.15) is 0 Å². The van der Waals surface area contributed by atoms with Crippen molar-refractivity contribution in [1.82, 2.24) is 9.55 Å². The minimum absolute atomic E-state index is 0.131. The number of rotatable bonds is 2. The van der Waals surface area contributed by atoms with Gasteiger partial charge in [0, 0.05) is 18.2 Å². The number of aliphatic hydroxyl groups is 1. The van der Waals surface area contributed by atoms with Crippen molar-refractivity contribution in [1.29, 1.82) is 0 Å². The van der Waals surface area contributed by atoms with Crippen molar-refractivity contribution in [3.05, 3.63) is 33.1 Å². The summed E-state index contributed by atoms with van der Waals surface area (Å²) in [7, 11) is 0. The lowest BCUT2D eigenvalue weighted by molar-refractivity contribution is -0.0353. The highest BCUT2D eigenvalue weighted by Gasteiger charge is 2.51. The van der Waals surface area contributed by atoms with Gasteiger partial charge in [-0.1, -0.05) is 6.92 Å². The molecule has 1 aliphatic rings. The molecule has 1 aromatic rings. The molecule has 1 aromatic heterocycles. The number of aromatic nitrogens is 2. The maximum atomic E-state index is 11.7. The molecule has 4 atom stereocenters. The molecule has 100 valence electrons. The van der Waals surface area contributed by atoms with Gasteiger partial charge in [0.2, 0.25) is 0 Å². The van der Waals surface area contributed by atoms with E-state index < -0.39 is 28.5 Å². The molecule has 0 bridgehead atoms. The first-order valence-corrected chi connectivity index (χ1v) is 6.02. The molecule has 0 aromatic carbocycles. The molecule has 2 rings (SSSR count). The summed E-state index contributed by atoms with van der Waals surface area (Å²) in [4.78, 5) is 24.1. The summed E-state index contributed by atoms with van der Waals surface area (Å²) in [6, 6.07) is 1.23. The van der Waals surface area contributed by atoms with Crippen LogP contribution >= 0.6 is 11.6 Å². The van der Waals surface area contributed by atoms with Gasteiger partial charge in [0.1, 0.15) is 0 Å². The normalized spacial score (nSPS) is 35.9. The Bertz CT molecular complexity index is 550. The van der Waals surface area contributed by atoms with Crippen LogP contribution in [0.4, 0.5) is 0 Å². The number of alkyl halides is 1. The molecule has 1 fully saturated rings. The third kappa shape index (κ3) is 2.00. The van der Waals surface area contributed by atoms with Crippen LogP contribution in [0, 0.1) is 5.92 Å². The Labute approximate surface area is 108 Å². The van der Waals surface area contributed by atoms with Crippen LogP contribution in [0.2, 0.25) is 0 Å². The van der Waals surface area contributed by atoms with E-state index in [1.54, 1.807) is 6.92 Å². The Balaban J connectivity index is 2.45. The minimum atomic E-state index is -0.838. The average molecular weight is 275 g/mol. The number of ether oxygens (including phenoxy) is 1. The monoisotopic (exact) mass is 274 g/mol. The van der Waals surface area contributed by atoms with Crippen molar-refractivity contribution in [3.8, 4) is 0 Å². The van der Waals surface area contributed by atoms with Crippen molar-refractivity contribution in [2.75, 3.05) is 6.61 Å². The second-order valence-electron chi connectivity index (χ2n) is 4.67. The van der Waals surface area contributed by atoms with Crippen molar-refractivity contribution in [2.24, 2.45) is 5.92 Å². The van der Waals surface area contributed by atoms with Gasteiger partial charge in [-0.05, 0) is 6.92 Å². The molecule has 0 radical (unpaired) electrons. The van der Waals surface area contributed by atoms with E-state index >= 15 is 0 Å². The smallest absolute Gasteiger partial charge is 0.330 e. The molecule has 1 saturated heterocycles. The predicted molar refractivity (Wildman–Crippen MR) is 65.7 cm³/mol. The highest BCUT2D eigenvalue weighted by atomic mass is 35.5. The van der Waals surface area contributed by atoms with Crippen LogP contribution in [0.15, 0.2) is 21.9 Å². The molecule has 0 amide bonds. The van der Waals surface area contributed by atoms with E-state index in [-0.39, 0.29) is 12.5 Å². The summed E-state index contributed by atoms with van der Waals surface area (Å²) in [5.41, 5.74) is -1.05. The van der Waals surface area contributed by atoms with E-state index in [9.17, 15) is 14.7 Å². The van der Waals surface area contributed by atoms with Crippen LogP contribution in [0.25, 0.3) is 0 Å². The molecule has 2 N–H and O–H groups in total. The van der Waals surface area contributed by atoms with Gasteiger partial charge in [-0.15, -0.1) is 11.6 Å². The third-order valence-corrected chi connectivity index (χ3v) is 4.05. The highest BCUT2D eigenvalue weighted by molar-refractivity contribution is 6.24. The van der Waals surface area contributed by atoms with Crippen LogP contribution in [0.3, 0.4) is 0 Å². The van der Waals surface area contributed by atoms with Crippen LogP contribution in [-0.4, -0.2) is 32.2 Å². The van der Waals surface area contributed by atoms with Crippen LogP contribution in [0.5, 0.6) is 0 Å². The number of nitrogens with one attached hydrogen (secondary N) is 1. The number of nitrogens with zero attached hydrogens (tertiary/aromatic N) is 1. The van der Waals surface area contributed by atoms with E-state index in [2.05, 4.69) is 4.98 Å². The van der Waals surface area contributed by atoms with Gasteiger partial charge in [0.15, 0.2) is 6.23 Å². The summed E-state index contributed by atoms with van der Waals surface area (Å²) in [6.07, 6.45) is 0.186. The Hall–Kier alpha value is -1.11. The summed E-state index contributed by atoms with van der Waals surface area (Å²) in [5.74, 6) is -0.131. The predicted octanol–water partition coefficient (Wildman–Crippen LogP) is 0.0599. The van der Waals surface area contributed by atoms with Crippen molar-refractivity contribution < 1.29 is 9.84 Å². The molecule has 7 heteroatoms. The van der Waals surface area contributed by atoms with Crippen molar-refractivity contribution in [2.45, 2.75) is 31.1 Å². The maximum Gasteiger partial charge on any atom is 0.330 e. The summed E-state index contributed by atoms with van der Waals surface area (Å²) in [5, 5.41) is 9.22. The number of halogens is 1. The quantitative estimate of drug-likeness (QED) is 0.747. The lowest BCUT2D eigenvalue weighted by Gasteiger charge is -2.27. The number of H-pyrrole nitrogens is 1. The van der Waals surface area contributed by atoms with E-state index in [0.29, 0.717) is 0 Å². The first-order valence-electron chi connectivity index (χ1n) is 5.64. The van der Waals surface area contributed by atoms with E-state index in [4.69, 9.17) is 16.3 Å². The van der Waals surface area contributed by atoms with Crippen LogP contribution < -0.4 is 11.2 Å². The zero-order valence-electron chi connectivity index (χ0n) is 10.1. The number of aromatic amines is 1. The van der Waals surface area contributed by atoms with E-state index in [0.717, 1.165) is 0 Å². The van der Waals surface area contributed by atoms with E-state index in [1.165, 1.54) is 16.8 Å². The first kappa shape index (κ1) is 13.3. The van der Waals surface area contributed by atoms with Crippen molar-refractivity contribution >= 4 is 11.6 Å². The minimum Gasteiger partial charge on any atom is -0.394 e. The lowest BCUT2D eigenvalue weighted by atomic mass is 9.92. The molecule has 1 aliphatic heterocycles. The largest absolute Gasteiger partial charge is 0.394 e. The Morgan fingerprint density at radius 1 is 1.61 bits per heavy atom. The first-order chi connectivity index (χ1) is 8.37. The Kier molecular flexibility index (Phi) is 3.35. The standard InChI is InChI=1S/C11H15ClN2O4/c1-6-7(5-15)18-9(11(6,2)12)14-4-3-8(16)13-10(14)17/h3-4,6-7,9,15H,5H2,1-2H3,(H,13,16,17)/t6-,7-,9-,11-/m1/s1. The molecule has 0 saturated carbocycles. The number of hydrogen-bond donors (Lipinski definition) is 2. The SMILES string of the molecule is C[C@@H]1[C@@H](CO)O[C@@H](n2ccc(=O)[nH]c2=O)[C@]1(C)Cl. The van der Waals surface area contributed by atoms with E-state index in [1.807, 2.05) is 6.92 Å². The van der Waals surface area contributed by atoms with Gasteiger partial charge in [-0.25, -0.2) is 4.79 Å². The highest BCUT2D eigenvalue weighted by Crippen LogP contribution is 2.46. The number of aliphatic hydroxyl groups excluding tert-OH is 1. The molecule has 0 aliphatic carbocycles. The second-order valence-corrected chi connectivity index (χ2v) is 5.48. The third-order valence-electron chi connectivity index (χ3n) is 3.52. The Morgan fingerprint density at radius 2 is 2.28 bits per heavy atom. The van der Waals surface area contributed by atoms with Gasteiger partial charge < -0.3 is 9.84 Å². The molecule has 18 heavy (non-hydrogen) atoms.